The summed E-state index contributed by atoms with van der Waals surface area (Å²) in [5, 5.41) is 14.0. The molecule has 0 aromatic carbocycles. The molecule has 0 unspecified atom stereocenters. The highest BCUT2D eigenvalue weighted by molar-refractivity contribution is 5.85. The Kier molecular flexibility index (Phi) is 7.81. The van der Waals surface area contributed by atoms with Crippen LogP contribution in [0, 0.1) is 0 Å². The molecule has 0 spiro atoms. The van der Waals surface area contributed by atoms with Gasteiger partial charge in [0.2, 0.25) is 0 Å². The highest BCUT2D eigenvalue weighted by atomic mass is 16.5. The number of unbranched alkanes of at least 4 members (excludes halogenated alkanes) is 1. The van der Waals surface area contributed by atoms with Crippen molar-refractivity contribution in [1.29, 1.82) is 0 Å². The number of urea groups is 1. The van der Waals surface area contributed by atoms with Crippen LogP contribution in [0.5, 0.6) is 0 Å². The molecule has 1 rings (SSSR count). The smallest absolute Gasteiger partial charge is 0.354 e. The van der Waals surface area contributed by atoms with Gasteiger partial charge in [0.15, 0.2) is 0 Å². The van der Waals surface area contributed by atoms with Crippen molar-refractivity contribution < 1.29 is 19.4 Å². The summed E-state index contributed by atoms with van der Waals surface area (Å²) in [6.07, 6.45) is 3.53. The summed E-state index contributed by atoms with van der Waals surface area (Å²) in [5.74, 6) is -1.07. The molecule has 1 aromatic rings. The molecule has 1 heterocycles. The minimum atomic E-state index is -1.07. The maximum Gasteiger partial charge on any atom is 0.354 e. The fraction of sp³-hybridized carbons (Fsp3) is 0.500. The van der Waals surface area contributed by atoms with E-state index in [9.17, 15) is 9.59 Å². The fourth-order valence-corrected chi connectivity index (χ4v) is 1.49. The lowest BCUT2D eigenvalue weighted by molar-refractivity contribution is 0.0690. The van der Waals surface area contributed by atoms with Gasteiger partial charge in [0.1, 0.15) is 5.69 Å². The molecule has 0 radical (unpaired) electrons. The number of hydrogen-bond donors (Lipinski definition) is 3. The topological polar surface area (TPSA) is 101 Å². The molecule has 0 bridgehead atoms. The van der Waals surface area contributed by atoms with Gasteiger partial charge in [-0.05, 0) is 18.1 Å². The Hall–Kier alpha value is -2.15. The lowest BCUT2D eigenvalue weighted by atomic mass is 10.2. The summed E-state index contributed by atoms with van der Waals surface area (Å²) in [4.78, 5) is 25.9. The molecule has 0 aliphatic carbocycles. The van der Waals surface area contributed by atoms with E-state index in [1.165, 1.54) is 12.3 Å². The number of nitrogens with one attached hydrogen (secondary N) is 2. The number of aromatic nitrogens is 1. The predicted molar refractivity (Wildman–Crippen MR) is 77.2 cm³/mol. The number of nitrogens with zero attached hydrogens (tertiary/aromatic N) is 1. The molecule has 1 aromatic heterocycles. The van der Waals surface area contributed by atoms with Crippen LogP contribution >= 0.6 is 0 Å². The van der Waals surface area contributed by atoms with Crippen molar-refractivity contribution >= 4 is 12.0 Å². The lowest BCUT2D eigenvalue weighted by Gasteiger charge is -2.08. The summed E-state index contributed by atoms with van der Waals surface area (Å²) < 4.78 is 5.31. The van der Waals surface area contributed by atoms with Crippen molar-refractivity contribution in [2.75, 3.05) is 19.8 Å². The molecular formula is C14H21N3O4. The number of carbonyl (C=O) groups is 2. The van der Waals surface area contributed by atoms with E-state index in [0.717, 1.165) is 18.4 Å². The van der Waals surface area contributed by atoms with Crippen LogP contribution in [0.25, 0.3) is 0 Å². The molecule has 7 nitrogen and oxygen atoms in total. The molecule has 0 saturated carbocycles. The second kappa shape index (κ2) is 9.71. The molecule has 0 atom stereocenters. The van der Waals surface area contributed by atoms with Crippen LogP contribution in [-0.2, 0) is 11.3 Å². The van der Waals surface area contributed by atoms with E-state index >= 15 is 0 Å². The standard InChI is InChI=1S/C14H21N3O4/c1-2-3-7-21-8-6-15-14(20)17-10-11-4-5-12(13(18)19)16-9-11/h4-5,9H,2-3,6-8,10H2,1H3,(H,18,19)(H2,15,17,20). The van der Waals surface area contributed by atoms with Crippen LogP contribution < -0.4 is 10.6 Å². The number of rotatable bonds is 9. The maximum absolute atomic E-state index is 11.5. The van der Waals surface area contributed by atoms with Gasteiger partial charge in [-0.25, -0.2) is 14.6 Å². The van der Waals surface area contributed by atoms with E-state index in [-0.39, 0.29) is 18.3 Å². The van der Waals surface area contributed by atoms with E-state index in [1.807, 2.05) is 0 Å². The number of aromatic carboxylic acids is 1. The molecule has 116 valence electrons. The average molecular weight is 295 g/mol. The summed E-state index contributed by atoms with van der Waals surface area (Å²) in [7, 11) is 0. The Morgan fingerprint density at radius 1 is 1.29 bits per heavy atom. The SMILES string of the molecule is CCCCOCCNC(=O)NCc1ccc(C(=O)O)nc1. The second-order valence-corrected chi connectivity index (χ2v) is 4.43. The molecule has 2 amide bonds. The van der Waals surface area contributed by atoms with Crippen molar-refractivity contribution in [2.24, 2.45) is 0 Å². The normalized spacial score (nSPS) is 10.1. The van der Waals surface area contributed by atoms with E-state index in [2.05, 4.69) is 22.5 Å². The molecule has 3 N–H and O–H groups in total. The van der Waals surface area contributed by atoms with Crippen molar-refractivity contribution in [3.05, 3.63) is 29.6 Å². The van der Waals surface area contributed by atoms with Crippen LogP contribution in [0.4, 0.5) is 4.79 Å². The zero-order valence-corrected chi connectivity index (χ0v) is 12.1. The first-order chi connectivity index (χ1) is 10.1. The minimum Gasteiger partial charge on any atom is -0.477 e. The number of ether oxygens (including phenoxy) is 1. The number of carboxylic acid groups (broad SMARTS) is 1. The molecule has 21 heavy (non-hydrogen) atoms. The summed E-state index contributed by atoms with van der Waals surface area (Å²) >= 11 is 0. The third-order valence-electron chi connectivity index (χ3n) is 2.67. The first-order valence-corrected chi connectivity index (χ1v) is 6.91. The van der Waals surface area contributed by atoms with E-state index in [4.69, 9.17) is 9.84 Å². The summed E-state index contributed by atoms with van der Waals surface area (Å²) in [6.45, 7) is 4.03. The van der Waals surface area contributed by atoms with Crippen molar-refractivity contribution in [2.45, 2.75) is 26.3 Å². The van der Waals surface area contributed by atoms with Gasteiger partial charge in [0.05, 0.1) is 6.61 Å². The van der Waals surface area contributed by atoms with Crippen molar-refractivity contribution in [3.63, 3.8) is 0 Å². The third kappa shape index (κ3) is 7.26. The molecule has 0 aliphatic rings. The number of hydrogen-bond acceptors (Lipinski definition) is 4. The Morgan fingerprint density at radius 2 is 2.10 bits per heavy atom. The number of amides is 2. The van der Waals surface area contributed by atoms with Gasteiger partial charge >= 0.3 is 12.0 Å². The first kappa shape index (κ1) is 16.9. The van der Waals surface area contributed by atoms with E-state index in [0.29, 0.717) is 19.8 Å². The zero-order valence-electron chi connectivity index (χ0n) is 12.1. The Morgan fingerprint density at radius 3 is 2.71 bits per heavy atom. The third-order valence-corrected chi connectivity index (χ3v) is 2.67. The fourth-order valence-electron chi connectivity index (χ4n) is 1.49. The molecule has 7 heteroatoms. The van der Waals surface area contributed by atoms with Gasteiger partial charge in [-0.15, -0.1) is 0 Å². The highest BCUT2D eigenvalue weighted by Gasteiger charge is 2.04. The van der Waals surface area contributed by atoms with Crippen LogP contribution in [-0.4, -0.2) is 41.8 Å². The largest absolute Gasteiger partial charge is 0.477 e. The van der Waals surface area contributed by atoms with Gasteiger partial charge in [-0.3, -0.25) is 0 Å². The summed E-state index contributed by atoms with van der Waals surface area (Å²) in [6, 6.07) is 2.72. The van der Waals surface area contributed by atoms with Gasteiger partial charge in [0.25, 0.3) is 0 Å². The number of pyridine rings is 1. The van der Waals surface area contributed by atoms with Gasteiger partial charge in [0, 0.05) is 25.9 Å². The number of carboxylic acids is 1. The Labute approximate surface area is 123 Å². The van der Waals surface area contributed by atoms with Gasteiger partial charge in [-0.2, -0.15) is 0 Å². The molecule has 0 fully saturated rings. The monoisotopic (exact) mass is 295 g/mol. The molecular weight excluding hydrogens is 274 g/mol. The van der Waals surface area contributed by atoms with Crippen LogP contribution in [0.2, 0.25) is 0 Å². The van der Waals surface area contributed by atoms with E-state index in [1.54, 1.807) is 6.07 Å². The minimum absolute atomic E-state index is 0.0209. The average Bonchev–Trinajstić information content (AvgIpc) is 2.49. The number of carbonyl (C=O) groups excluding carboxylic acids is 1. The summed E-state index contributed by atoms with van der Waals surface area (Å²) in [5.41, 5.74) is 0.710. The quantitative estimate of drug-likeness (QED) is 0.598. The van der Waals surface area contributed by atoms with Gasteiger partial charge in [-0.1, -0.05) is 19.4 Å². The van der Waals surface area contributed by atoms with Crippen molar-refractivity contribution in [3.8, 4) is 0 Å². The van der Waals surface area contributed by atoms with Gasteiger partial charge < -0.3 is 20.5 Å². The lowest BCUT2D eigenvalue weighted by Crippen LogP contribution is -2.37. The van der Waals surface area contributed by atoms with E-state index < -0.39 is 5.97 Å². The highest BCUT2D eigenvalue weighted by Crippen LogP contribution is 1.99. The second-order valence-electron chi connectivity index (χ2n) is 4.43. The zero-order chi connectivity index (χ0) is 15.5. The van der Waals surface area contributed by atoms with Crippen LogP contribution in [0.3, 0.4) is 0 Å². The maximum atomic E-state index is 11.5. The van der Waals surface area contributed by atoms with Crippen LogP contribution in [0.15, 0.2) is 18.3 Å². The Bertz CT molecular complexity index is 448. The first-order valence-electron chi connectivity index (χ1n) is 6.91. The predicted octanol–water partition coefficient (Wildman–Crippen LogP) is 1.40. The van der Waals surface area contributed by atoms with Crippen LogP contribution in [0.1, 0.15) is 35.8 Å². The molecule has 0 aliphatic heterocycles. The molecule has 0 saturated heterocycles. The van der Waals surface area contributed by atoms with Crippen molar-refractivity contribution in [1.82, 2.24) is 15.6 Å². The Balaban J connectivity index is 2.16.